The predicted octanol–water partition coefficient (Wildman–Crippen LogP) is 4.04. The van der Waals surface area contributed by atoms with Gasteiger partial charge >= 0.3 is 0 Å². The Morgan fingerprint density at radius 2 is 2.11 bits per heavy atom. The number of ether oxygens (including phenoxy) is 1. The van der Waals surface area contributed by atoms with Crippen molar-refractivity contribution in [1.82, 2.24) is 4.90 Å². The minimum absolute atomic E-state index is 0.0923. The molecule has 0 spiro atoms. The monoisotopic (exact) mass is 384 g/mol. The topological polar surface area (TPSA) is 58.6 Å². The summed E-state index contributed by atoms with van der Waals surface area (Å²) in [6, 6.07) is 10.8. The second kappa shape index (κ2) is 7.33. The van der Waals surface area contributed by atoms with E-state index in [2.05, 4.69) is 5.32 Å². The maximum atomic E-state index is 13.0. The molecule has 1 fully saturated rings. The van der Waals surface area contributed by atoms with Crippen LogP contribution in [-0.2, 0) is 11.3 Å². The van der Waals surface area contributed by atoms with E-state index in [0.717, 1.165) is 30.6 Å². The summed E-state index contributed by atoms with van der Waals surface area (Å²) < 4.78 is 5.66. The second-order valence-electron chi connectivity index (χ2n) is 7.03. The van der Waals surface area contributed by atoms with E-state index in [-0.39, 0.29) is 17.9 Å². The van der Waals surface area contributed by atoms with Crippen LogP contribution in [0.3, 0.4) is 0 Å². The van der Waals surface area contributed by atoms with Crippen LogP contribution in [0.2, 0.25) is 5.02 Å². The number of benzene rings is 2. The molecule has 0 aromatic heterocycles. The number of fused-ring (bicyclic) bond motifs is 1. The third-order valence-electron chi connectivity index (χ3n) is 5.22. The van der Waals surface area contributed by atoms with Gasteiger partial charge in [0.2, 0.25) is 0 Å². The van der Waals surface area contributed by atoms with Crippen LogP contribution < -0.4 is 5.32 Å². The van der Waals surface area contributed by atoms with Crippen molar-refractivity contribution in [3.8, 4) is 0 Å². The summed E-state index contributed by atoms with van der Waals surface area (Å²) in [7, 11) is 0. The molecule has 4 rings (SSSR count). The quantitative estimate of drug-likeness (QED) is 0.865. The van der Waals surface area contributed by atoms with Gasteiger partial charge in [-0.15, -0.1) is 0 Å². The first kappa shape index (κ1) is 18.0. The van der Waals surface area contributed by atoms with E-state index in [1.54, 1.807) is 29.2 Å². The maximum absolute atomic E-state index is 13.0. The number of halogens is 1. The highest BCUT2D eigenvalue weighted by molar-refractivity contribution is 6.31. The van der Waals surface area contributed by atoms with Gasteiger partial charge < -0.3 is 15.0 Å². The Bertz CT molecular complexity index is 906. The van der Waals surface area contributed by atoms with Gasteiger partial charge in [0.15, 0.2) is 0 Å². The molecule has 2 aromatic carbocycles. The number of amides is 2. The van der Waals surface area contributed by atoms with E-state index in [4.69, 9.17) is 16.3 Å². The lowest BCUT2D eigenvalue weighted by molar-refractivity contribution is 0.0544. The first-order chi connectivity index (χ1) is 13.0. The largest absolute Gasteiger partial charge is 0.376 e. The van der Waals surface area contributed by atoms with Crippen LogP contribution in [0.5, 0.6) is 0 Å². The number of carbonyl (C=O) groups is 2. The molecule has 1 saturated heterocycles. The van der Waals surface area contributed by atoms with Crippen LogP contribution in [0.15, 0.2) is 36.4 Å². The fourth-order valence-corrected chi connectivity index (χ4v) is 3.90. The molecule has 6 heteroatoms. The average molecular weight is 385 g/mol. The van der Waals surface area contributed by atoms with Gasteiger partial charge in [0, 0.05) is 30.4 Å². The van der Waals surface area contributed by atoms with Gasteiger partial charge in [-0.3, -0.25) is 9.59 Å². The highest BCUT2D eigenvalue weighted by Crippen LogP contribution is 2.29. The van der Waals surface area contributed by atoms with Crippen LogP contribution in [-0.4, -0.2) is 36.0 Å². The summed E-state index contributed by atoms with van der Waals surface area (Å²) in [6.07, 6.45) is 2.10. The summed E-state index contributed by atoms with van der Waals surface area (Å²) in [5, 5.41) is 3.47. The van der Waals surface area contributed by atoms with E-state index in [1.807, 2.05) is 19.1 Å². The number of hydrogen-bond donors (Lipinski definition) is 1. The van der Waals surface area contributed by atoms with Gasteiger partial charge in [-0.1, -0.05) is 29.8 Å². The molecule has 0 saturated carbocycles. The number of rotatable bonds is 4. The molecular formula is C21H21ClN2O3. The average Bonchev–Trinajstić information content (AvgIpc) is 3.28. The van der Waals surface area contributed by atoms with E-state index >= 15 is 0 Å². The van der Waals surface area contributed by atoms with Crippen molar-refractivity contribution in [2.75, 3.05) is 18.5 Å². The SMILES string of the molecule is Cc1c(Cl)cccc1NC(=O)c1cccc2c1C(=O)N(C[C@H]1CCCO1)C2. The van der Waals surface area contributed by atoms with Crippen molar-refractivity contribution < 1.29 is 14.3 Å². The van der Waals surface area contributed by atoms with E-state index in [0.29, 0.717) is 34.9 Å². The predicted molar refractivity (Wildman–Crippen MR) is 104 cm³/mol. The Hall–Kier alpha value is -2.37. The van der Waals surface area contributed by atoms with Crippen molar-refractivity contribution >= 4 is 29.1 Å². The fourth-order valence-electron chi connectivity index (χ4n) is 3.72. The standard InChI is InChI=1S/C21H21ClN2O3/c1-13-17(22)8-3-9-18(13)23-20(25)16-7-2-5-14-11-24(21(26)19(14)16)12-15-6-4-10-27-15/h2-3,5,7-9,15H,4,6,10-12H2,1H3,(H,23,25)/t15-/m1/s1. The first-order valence-electron chi connectivity index (χ1n) is 9.14. The molecule has 2 aliphatic rings. The Kier molecular flexibility index (Phi) is 4.89. The van der Waals surface area contributed by atoms with Crippen LogP contribution >= 0.6 is 11.6 Å². The van der Waals surface area contributed by atoms with E-state index < -0.39 is 0 Å². The lowest BCUT2D eigenvalue weighted by Gasteiger charge is -2.19. The molecule has 140 valence electrons. The molecule has 0 aliphatic carbocycles. The second-order valence-corrected chi connectivity index (χ2v) is 7.43. The third kappa shape index (κ3) is 3.45. The lowest BCUT2D eigenvalue weighted by atomic mass is 10.0. The normalized spacial score (nSPS) is 18.7. The fraction of sp³-hybridized carbons (Fsp3) is 0.333. The molecule has 0 radical (unpaired) electrons. The van der Waals surface area contributed by atoms with Crippen molar-refractivity contribution in [2.24, 2.45) is 0 Å². The smallest absolute Gasteiger partial charge is 0.256 e. The van der Waals surface area contributed by atoms with Crippen molar-refractivity contribution in [3.05, 3.63) is 63.7 Å². The zero-order chi connectivity index (χ0) is 19.0. The number of nitrogens with zero attached hydrogens (tertiary/aromatic N) is 1. The number of anilines is 1. The number of carbonyl (C=O) groups excluding carboxylic acids is 2. The molecule has 1 N–H and O–H groups in total. The summed E-state index contributed by atoms with van der Waals surface area (Å²) in [5.41, 5.74) is 3.21. The Balaban J connectivity index is 1.57. The highest BCUT2D eigenvalue weighted by Gasteiger charge is 2.33. The van der Waals surface area contributed by atoms with Crippen molar-refractivity contribution in [2.45, 2.75) is 32.4 Å². The molecule has 2 aliphatic heterocycles. The van der Waals surface area contributed by atoms with E-state index in [9.17, 15) is 9.59 Å². The molecule has 1 atom stereocenters. The Labute approximate surface area is 163 Å². The van der Waals surface area contributed by atoms with Gasteiger partial charge in [0.1, 0.15) is 0 Å². The van der Waals surface area contributed by atoms with Crippen molar-refractivity contribution in [1.29, 1.82) is 0 Å². The molecule has 0 unspecified atom stereocenters. The van der Waals surface area contributed by atoms with Gasteiger partial charge in [-0.05, 0) is 49.1 Å². The van der Waals surface area contributed by atoms with Gasteiger partial charge in [0.25, 0.3) is 11.8 Å². The zero-order valence-corrected chi connectivity index (χ0v) is 15.9. The maximum Gasteiger partial charge on any atom is 0.256 e. The van der Waals surface area contributed by atoms with Crippen LogP contribution in [0.25, 0.3) is 0 Å². The van der Waals surface area contributed by atoms with Gasteiger partial charge in [0.05, 0.1) is 17.2 Å². The van der Waals surface area contributed by atoms with Crippen LogP contribution in [0.4, 0.5) is 5.69 Å². The Morgan fingerprint density at radius 1 is 1.30 bits per heavy atom. The zero-order valence-electron chi connectivity index (χ0n) is 15.1. The molecular weight excluding hydrogens is 364 g/mol. The number of hydrogen-bond acceptors (Lipinski definition) is 3. The molecule has 27 heavy (non-hydrogen) atoms. The molecule has 2 heterocycles. The molecule has 0 bridgehead atoms. The summed E-state index contributed by atoms with van der Waals surface area (Å²) in [6.45, 7) is 3.70. The first-order valence-corrected chi connectivity index (χ1v) is 9.51. The summed E-state index contributed by atoms with van der Waals surface area (Å²) in [4.78, 5) is 27.6. The molecule has 2 aromatic rings. The molecule has 2 amide bonds. The van der Waals surface area contributed by atoms with Gasteiger partial charge in [-0.25, -0.2) is 0 Å². The van der Waals surface area contributed by atoms with Gasteiger partial charge in [-0.2, -0.15) is 0 Å². The van der Waals surface area contributed by atoms with Crippen molar-refractivity contribution in [3.63, 3.8) is 0 Å². The third-order valence-corrected chi connectivity index (χ3v) is 5.63. The van der Waals surface area contributed by atoms with Crippen LogP contribution in [0, 0.1) is 6.92 Å². The minimum Gasteiger partial charge on any atom is -0.376 e. The Morgan fingerprint density at radius 3 is 2.89 bits per heavy atom. The number of nitrogens with one attached hydrogen (secondary N) is 1. The minimum atomic E-state index is -0.301. The van der Waals surface area contributed by atoms with E-state index in [1.165, 1.54) is 0 Å². The lowest BCUT2D eigenvalue weighted by Crippen LogP contribution is -2.32. The highest BCUT2D eigenvalue weighted by atomic mass is 35.5. The summed E-state index contributed by atoms with van der Waals surface area (Å²) in [5.74, 6) is -0.404. The summed E-state index contributed by atoms with van der Waals surface area (Å²) >= 11 is 6.14. The van der Waals surface area contributed by atoms with Crippen LogP contribution in [0.1, 0.15) is 44.7 Å². The molecule has 5 nitrogen and oxygen atoms in total.